The lowest BCUT2D eigenvalue weighted by molar-refractivity contribution is -0.113. The molecular weight excluding hydrogens is 466 g/mol. The molecule has 1 fully saturated rings. The van der Waals surface area contributed by atoms with Gasteiger partial charge in [0.2, 0.25) is 5.91 Å². The molecule has 0 spiro atoms. The first kappa shape index (κ1) is 22.0. The number of ether oxygens (including phenoxy) is 3. The number of anilines is 1. The van der Waals surface area contributed by atoms with Crippen LogP contribution in [-0.2, 0) is 16.1 Å². The summed E-state index contributed by atoms with van der Waals surface area (Å²) in [6.45, 7) is 2.45. The third kappa shape index (κ3) is 4.59. The van der Waals surface area contributed by atoms with Crippen LogP contribution >= 0.6 is 11.8 Å². The van der Waals surface area contributed by atoms with Gasteiger partial charge >= 0.3 is 0 Å². The number of para-hydroxylation sites is 1. The van der Waals surface area contributed by atoms with Crippen molar-refractivity contribution in [1.82, 2.24) is 19.7 Å². The number of nitrogens with zero attached hydrogens (tertiary/aromatic N) is 3. The summed E-state index contributed by atoms with van der Waals surface area (Å²) >= 11 is 1.37. The molecule has 4 aromatic rings. The van der Waals surface area contributed by atoms with Crippen molar-refractivity contribution in [2.45, 2.75) is 30.6 Å². The number of hydrogen-bond acceptors (Lipinski definition) is 7. The van der Waals surface area contributed by atoms with Gasteiger partial charge in [0, 0.05) is 41.0 Å². The number of H-pyrrole nitrogens is 1. The summed E-state index contributed by atoms with van der Waals surface area (Å²) in [4.78, 5) is 16.0. The van der Waals surface area contributed by atoms with Crippen molar-refractivity contribution in [2.75, 3.05) is 30.9 Å². The van der Waals surface area contributed by atoms with E-state index in [4.69, 9.17) is 14.2 Å². The minimum absolute atomic E-state index is 0.112. The summed E-state index contributed by atoms with van der Waals surface area (Å²) < 4.78 is 19.1. The van der Waals surface area contributed by atoms with E-state index in [-0.39, 0.29) is 17.8 Å². The van der Waals surface area contributed by atoms with Crippen LogP contribution in [0.1, 0.15) is 12.8 Å². The zero-order chi connectivity index (χ0) is 23.6. The highest BCUT2D eigenvalue weighted by Crippen LogP contribution is 2.33. The second kappa shape index (κ2) is 9.63. The largest absolute Gasteiger partial charge is 0.486 e. The normalized spacial score (nSPS) is 17.1. The average Bonchev–Trinajstić information content (AvgIpc) is 3.63. The Labute approximate surface area is 206 Å². The highest BCUT2D eigenvalue weighted by molar-refractivity contribution is 7.99. The van der Waals surface area contributed by atoms with Gasteiger partial charge in [-0.3, -0.25) is 9.36 Å². The third-order valence-corrected chi connectivity index (χ3v) is 7.08. The fraction of sp³-hybridized carbons (Fsp3) is 0.320. The lowest BCUT2D eigenvalue weighted by Gasteiger charge is -2.19. The molecule has 9 nitrogen and oxygen atoms in total. The van der Waals surface area contributed by atoms with E-state index in [9.17, 15) is 4.79 Å². The predicted molar refractivity (Wildman–Crippen MR) is 133 cm³/mol. The molecule has 35 heavy (non-hydrogen) atoms. The number of carbonyl (C=O) groups is 1. The number of fused-ring (bicyclic) bond motifs is 2. The number of thioether (sulfide) groups is 1. The molecule has 0 radical (unpaired) electrons. The van der Waals surface area contributed by atoms with Gasteiger partial charge in [-0.2, -0.15) is 0 Å². The molecule has 1 saturated heterocycles. The van der Waals surface area contributed by atoms with Gasteiger partial charge in [-0.15, -0.1) is 10.2 Å². The Morgan fingerprint density at radius 1 is 1.11 bits per heavy atom. The van der Waals surface area contributed by atoms with Crippen LogP contribution < -0.4 is 14.8 Å². The molecule has 2 N–H and O–H groups in total. The third-order valence-electron chi connectivity index (χ3n) is 6.12. The van der Waals surface area contributed by atoms with Crippen molar-refractivity contribution >= 4 is 34.3 Å². The molecule has 0 aliphatic carbocycles. The summed E-state index contributed by atoms with van der Waals surface area (Å²) in [6, 6.07) is 13.5. The van der Waals surface area contributed by atoms with E-state index in [1.54, 1.807) is 6.07 Å². The molecule has 6 rings (SSSR count). The van der Waals surface area contributed by atoms with Crippen LogP contribution in [0.15, 0.2) is 53.8 Å². The number of aromatic nitrogens is 4. The van der Waals surface area contributed by atoms with Crippen LogP contribution in [0.25, 0.3) is 22.3 Å². The molecule has 1 atom stereocenters. The Hall–Kier alpha value is -3.50. The topological polar surface area (TPSA) is 103 Å². The molecule has 2 aromatic carbocycles. The smallest absolute Gasteiger partial charge is 0.234 e. The number of aromatic amines is 1. The quantitative estimate of drug-likeness (QED) is 0.375. The highest BCUT2D eigenvalue weighted by Gasteiger charge is 2.23. The summed E-state index contributed by atoms with van der Waals surface area (Å²) in [5, 5.41) is 13.7. The summed E-state index contributed by atoms with van der Waals surface area (Å²) in [5.41, 5.74) is 2.70. The Morgan fingerprint density at radius 2 is 2.00 bits per heavy atom. The maximum absolute atomic E-state index is 12.7. The van der Waals surface area contributed by atoms with Gasteiger partial charge in [0.1, 0.15) is 13.2 Å². The number of nitrogens with one attached hydrogen (secondary N) is 2. The maximum atomic E-state index is 12.7. The predicted octanol–water partition coefficient (Wildman–Crippen LogP) is 4.11. The maximum Gasteiger partial charge on any atom is 0.234 e. The van der Waals surface area contributed by atoms with E-state index in [0.29, 0.717) is 42.1 Å². The van der Waals surface area contributed by atoms with Crippen LogP contribution in [0.5, 0.6) is 11.5 Å². The Morgan fingerprint density at radius 3 is 2.89 bits per heavy atom. The van der Waals surface area contributed by atoms with Gasteiger partial charge in [0.05, 0.1) is 18.4 Å². The molecule has 180 valence electrons. The van der Waals surface area contributed by atoms with Crippen LogP contribution in [0, 0.1) is 0 Å². The number of hydrogen-bond donors (Lipinski definition) is 2. The molecule has 1 amide bonds. The SMILES string of the molecule is O=C(CSc1nnc(-c2c[nH]c3ccccc23)n1C[C@@H]1CCCO1)Nc1ccc2c(c1)OCCO2. The second-order valence-electron chi connectivity index (χ2n) is 8.50. The van der Waals surface area contributed by atoms with Crippen LogP contribution in [0.4, 0.5) is 5.69 Å². The van der Waals surface area contributed by atoms with E-state index < -0.39 is 0 Å². The molecule has 2 aliphatic heterocycles. The zero-order valence-electron chi connectivity index (χ0n) is 19.0. The lowest BCUT2D eigenvalue weighted by atomic mass is 10.1. The number of benzene rings is 2. The fourth-order valence-electron chi connectivity index (χ4n) is 4.46. The van der Waals surface area contributed by atoms with Crippen LogP contribution in [-0.4, -0.2) is 57.3 Å². The average molecular weight is 492 g/mol. The van der Waals surface area contributed by atoms with E-state index in [1.807, 2.05) is 36.5 Å². The Balaban J connectivity index is 1.21. The first-order chi connectivity index (χ1) is 17.2. The van der Waals surface area contributed by atoms with Gasteiger partial charge in [-0.05, 0) is 31.0 Å². The lowest BCUT2D eigenvalue weighted by Crippen LogP contribution is -2.18. The molecule has 2 aliphatic rings. The highest BCUT2D eigenvalue weighted by atomic mass is 32.2. The molecule has 0 saturated carbocycles. The van der Waals surface area contributed by atoms with E-state index in [2.05, 4.69) is 31.1 Å². The van der Waals surface area contributed by atoms with Crippen molar-refractivity contribution in [3.63, 3.8) is 0 Å². The molecule has 10 heteroatoms. The minimum Gasteiger partial charge on any atom is -0.486 e. The van der Waals surface area contributed by atoms with Crippen molar-refractivity contribution in [1.29, 1.82) is 0 Å². The van der Waals surface area contributed by atoms with E-state index in [0.717, 1.165) is 41.7 Å². The molecular formula is C25H25N5O4S. The van der Waals surface area contributed by atoms with Crippen molar-refractivity contribution < 1.29 is 19.0 Å². The molecule has 0 bridgehead atoms. The van der Waals surface area contributed by atoms with Crippen molar-refractivity contribution in [2.24, 2.45) is 0 Å². The first-order valence-corrected chi connectivity index (χ1v) is 12.7. The number of rotatable bonds is 7. The molecule has 2 aromatic heterocycles. The summed E-state index contributed by atoms with van der Waals surface area (Å²) in [7, 11) is 0. The Kier molecular flexibility index (Phi) is 6.05. The monoisotopic (exact) mass is 491 g/mol. The second-order valence-corrected chi connectivity index (χ2v) is 9.44. The number of carbonyl (C=O) groups excluding carboxylic acids is 1. The van der Waals surface area contributed by atoms with Crippen molar-refractivity contribution in [3.05, 3.63) is 48.7 Å². The fourth-order valence-corrected chi connectivity index (χ4v) is 5.20. The molecule has 0 unspecified atom stereocenters. The van der Waals surface area contributed by atoms with Gasteiger partial charge in [0.15, 0.2) is 22.5 Å². The zero-order valence-corrected chi connectivity index (χ0v) is 19.8. The standard InChI is InChI=1S/C25H25N5O4S/c31-23(27-16-7-8-21-22(12-16)34-11-10-33-21)15-35-25-29-28-24(30(25)14-17-4-3-9-32-17)19-13-26-20-6-2-1-5-18(19)20/h1-2,5-8,12-13,17,26H,3-4,9-11,14-15H2,(H,27,31)/t17-/m0/s1. The van der Waals surface area contributed by atoms with Gasteiger partial charge in [0.25, 0.3) is 0 Å². The summed E-state index contributed by atoms with van der Waals surface area (Å²) in [6.07, 6.45) is 4.13. The first-order valence-electron chi connectivity index (χ1n) is 11.7. The Bertz CT molecular complexity index is 1360. The minimum atomic E-state index is -0.132. The van der Waals surface area contributed by atoms with Gasteiger partial charge in [-0.25, -0.2) is 0 Å². The van der Waals surface area contributed by atoms with Crippen LogP contribution in [0.3, 0.4) is 0 Å². The van der Waals surface area contributed by atoms with Crippen LogP contribution in [0.2, 0.25) is 0 Å². The summed E-state index contributed by atoms with van der Waals surface area (Å²) in [5.74, 6) is 2.17. The van der Waals surface area contributed by atoms with Gasteiger partial charge < -0.3 is 24.5 Å². The molecule has 4 heterocycles. The van der Waals surface area contributed by atoms with Gasteiger partial charge in [-0.1, -0.05) is 30.0 Å². The van der Waals surface area contributed by atoms with E-state index >= 15 is 0 Å². The van der Waals surface area contributed by atoms with Crippen molar-refractivity contribution in [3.8, 4) is 22.9 Å². The number of amides is 1. The van der Waals surface area contributed by atoms with E-state index in [1.165, 1.54) is 11.8 Å².